The Morgan fingerprint density at radius 3 is 2.69 bits per heavy atom. The first-order valence-corrected chi connectivity index (χ1v) is 4.28. The molecule has 3 heteroatoms. The Bertz CT molecular complexity index is 308. The molecule has 1 aromatic rings. The summed E-state index contributed by atoms with van der Waals surface area (Å²) in [5.74, 6) is 0. The van der Waals surface area contributed by atoms with Crippen LogP contribution in [0.1, 0.15) is 11.3 Å². The molecule has 1 rings (SSSR count). The molecule has 0 unspecified atom stereocenters. The van der Waals surface area contributed by atoms with Gasteiger partial charge in [-0.3, -0.25) is 0 Å². The fraction of sp³-hybridized carbons (Fsp3) is 0.300. The third kappa shape index (κ3) is 3.37. The predicted octanol–water partition coefficient (Wildman–Crippen LogP) is -0.653. The maximum atomic E-state index is 5.72. The molecule has 0 amide bonds. The van der Waals surface area contributed by atoms with E-state index < -0.39 is 0 Å². The standard InChI is InChI=1S/C10H13ClN.ClH/c1-8-5-4-6-12(10(8)3)7-9(2)11;/h4-6H,2,7H2,1,3H3;1H/q+1;/p-1. The van der Waals surface area contributed by atoms with Gasteiger partial charge in [0.05, 0.1) is 5.03 Å². The van der Waals surface area contributed by atoms with Crippen molar-refractivity contribution < 1.29 is 17.0 Å². The van der Waals surface area contributed by atoms with Crippen molar-refractivity contribution in [3.05, 3.63) is 41.2 Å². The molecule has 1 aromatic heterocycles. The van der Waals surface area contributed by atoms with Crippen molar-refractivity contribution in [2.24, 2.45) is 0 Å². The average Bonchev–Trinajstić information content (AvgIpc) is 1.98. The van der Waals surface area contributed by atoms with Crippen molar-refractivity contribution in [1.82, 2.24) is 0 Å². The highest BCUT2D eigenvalue weighted by molar-refractivity contribution is 6.29. The van der Waals surface area contributed by atoms with Gasteiger partial charge in [0.1, 0.15) is 0 Å². The highest BCUT2D eigenvalue weighted by Crippen LogP contribution is 2.01. The number of allylic oxidation sites excluding steroid dienone is 1. The second-order valence-electron chi connectivity index (χ2n) is 2.92. The quantitative estimate of drug-likeness (QED) is 0.581. The van der Waals surface area contributed by atoms with Crippen molar-refractivity contribution in [1.29, 1.82) is 0 Å². The van der Waals surface area contributed by atoms with E-state index in [4.69, 9.17) is 11.6 Å². The summed E-state index contributed by atoms with van der Waals surface area (Å²) in [6.45, 7) is 8.52. The summed E-state index contributed by atoms with van der Waals surface area (Å²) >= 11 is 5.72. The molecule has 0 saturated carbocycles. The largest absolute Gasteiger partial charge is 1.00 e. The van der Waals surface area contributed by atoms with E-state index in [9.17, 15) is 0 Å². The summed E-state index contributed by atoms with van der Waals surface area (Å²) in [6.07, 6.45) is 2.01. The van der Waals surface area contributed by atoms with Gasteiger partial charge in [0.15, 0.2) is 18.4 Å². The minimum atomic E-state index is 0. The van der Waals surface area contributed by atoms with Crippen LogP contribution < -0.4 is 17.0 Å². The third-order valence-electron chi connectivity index (χ3n) is 1.96. The van der Waals surface area contributed by atoms with Gasteiger partial charge in [-0.15, -0.1) is 0 Å². The first-order chi connectivity index (χ1) is 5.61. The Labute approximate surface area is 90.5 Å². The fourth-order valence-corrected chi connectivity index (χ4v) is 1.24. The molecule has 0 fully saturated rings. The van der Waals surface area contributed by atoms with E-state index in [-0.39, 0.29) is 12.4 Å². The Balaban J connectivity index is 0.00000144. The zero-order valence-electron chi connectivity index (χ0n) is 7.85. The van der Waals surface area contributed by atoms with Gasteiger partial charge >= 0.3 is 0 Å². The lowest BCUT2D eigenvalue weighted by molar-refractivity contribution is -0.694. The van der Waals surface area contributed by atoms with E-state index in [2.05, 4.69) is 31.1 Å². The molecule has 0 aliphatic rings. The number of aromatic nitrogens is 1. The van der Waals surface area contributed by atoms with E-state index in [0.29, 0.717) is 11.6 Å². The molecule has 1 heterocycles. The van der Waals surface area contributed by atoms with E-state index >= 15 is 0 Å². The first-order valence-electron chi connectivity index (χ1n) is 3.90. The zero-order valence-corrected chi connectivity index (χ0v) is 9.36. The van der Waals surface area contributed by atoms with Gasteiger partial charge in [0, 0.05) is 18.6 Å². The van der Waals surface area contributed by atoms with Crippen molar-refractivity contribution in [3.8, 4) is 0 Å². The van der Waals surface area contributed by atoms with Gasteiger partial charge in [-0.2, -0.15) is 4.57 Å². The summed E-state index contributed by atoms with van der Waals surface area (Å²) < 4.78 is 2.09. The Hall–Kier alpha value is -0.530. The molecule has 13 heavy (non-hydrogen) atoms. The second kappa shape index (κ2) is 5.25. The van der Waals surface area contributed by atoms with Gasteiger partial charge in [0.25, 0.3) is 0 Å². The Kier molecular flexibility index (Phi) is 5.04. The van der Waals surface area contributed by atoms with Crippen molar-refractivity contribution >= 4 is 11.6 Å². The average molecular weight is 218 g/mol. The number of halogens is 2. The molecule has 0 spiro atoms. The summed E-state index contributed by atoms with van der Waals surface area (Å²) in [4.78, 5) is 0. The molecular formula is C10H13Cl2N. The Morgan fingerprint density at radius 2 is 2.15 bits per heavy atom. The first kappa shape index (κ1) is 12.5. The molecule has 0 aromatic carbocycles. The van der Waals surface area contributed by atoms with Gasteiger partial charge in [-0.05, 0) is 13.0 Å². The van der Waals surface area contributed by atoms with Crippen LogP contribution in [0, 0.1) is 13.8 Å². The van der Waals surface area contributed by atoms with Crippen LogP contribution in [0.3, 0.4) is 0 Å². The van der Waals surface area contributed by atoms with E-state index in [1.807, 2.05) is 12.3 Å². The molecule has 0 bridgehead atoms. The van der Waals surface area contributed by atoms with E-state index in [0.717, 1.165) is 0 Å². The fourth-order valence-electron chi connectivity index (χ4n) is 1.11. The number of pyridine rings is 1. The summed E-state index contributed by atoms with van der Waals surface area (Å²) in [7, 11) is 0. The van der Waals surface area contributed by atoms with Crippen molar-refractivity contribution in [2.45, 2.75) is 20.4 Å². The summed E-state index contributed by atoms with van der Waals surface area (Å²) in [5, 5.41) is 0.661. The monoisotopic (exact) mass is 217 g/mol. The maximum Gasteiger partial charge on any atom is 0.183 e. The zero-order chi connectivity index (χ0) is 9.14. The molecule has 0 aliphatic carbocycles. The summed E-state index contributed by atoms with van der Waals surface area (Å²) in [6, 6.07) is 4.10. The molecule has 0 radical (unpaired) electrons. The normalized spacial score (nSPS) is 9.15. The van der Waals surface area contributed by atoms with Crippen LogP contribution in [0.5, 0.6) is 0 Å². The lowest BCUT2D eigenvalue weighted by Crippen LogP contribution is -3.00. The number of hydrogen-bond donors (Lipinski definition) is 0. The summed E-state index contributed by atoms with van der Waals surface area (Å²) in [5.41, 5.74) is 2.51. The van der Waals surface area contributed by atoms with Gasteiger partial charge in [-0.25, -0.2) is 0 Å². The van der Waals surface area contributed by atoms with Crippen molar-refractivity contribution in [3.63, 3.8) is 0 Å². The van der Waals surface area contributed by atoms with E-state index in [1.54, 1.807) is 0 Å². The highest BCUT2D eigenvalue weighted by Gasteiger charge is 2.07. The molecular weight excluding hydrogens is 205 g/mol. The van der Waals surface area contributed by atoms with Gasteiger partial charge < -0.3 is 12.4 Å². The van der Waals surface area contributed by atoms with Crippen LogP contribution >= 0.6 is 11.6 Å². The van der Waals surface area contributed by atoms with Crippen molar-refractivity contribution in [2.75, 3.05) is 0 Å². The molecule has 0 N–H and O–H groups in total. The molecule has 0 atom stereocenters. The second-order valence-corrected chi connectivity index (χ2v) is 3.46. The Morgan fingerprint density at radius 1 is 1.54 bits per heavy atom. The van der Waals surface area contributed by atoms with Crippen LogP contribution in [0.25, 0.3) is 0 Å². The van der Waals surface area contributed by atoms with Crippen LogP contribution in [0.15, 0.2) is 29.9 Å². The highest BCUT2D eigenvalue weighted by atomic mass is 35.5. The van der Waals surface area contributed by atoms with Gasteiger partial charge in [0.2, 0.25) is 0 Å². The lowest BCUT2D eigenvalue weighted by atomic mass is 10.2. The van der Waals surface area contributed by atoms with Gasteiger partial charge in [-0.1, -0.05) is 18.2 Å². The van der Waals surface area contributed by atoms with Crippen LogP contribution in [-0.4, -0.2) is 0 Å². The predicted molar refractivity (Wildman–Crippen MR) is 51.1 cm³/mol. The molecule has 72 valence electrons. The molecule has 1 nitrogen and oxygen atoms in total. The SMILES string of the molecule is C=C(Cl)C[n+]1cccc(C)c1C.[Cl-]. The maximum absolute atomic E-state index is 5.72. The number of hydrogen-bond acceptors (Lipinski definition) is 0. The molecule has 0 saturated heterocycles. The van der Waals surface area contributed by atoms with Crippen LogP contribution in [0.4, 0.5) is 0 Å². The minimum absolute atomic E-state index is 0. The van der Waals surface area contributed by atoms with Crippen LogP contribution in [0.2, 0.25) is 0 Å². The number of rotatable bonds is 2. The third-order valence-corrected chi connectivity index (χ3v) is 2.08. The number of aryl methyl sites for hydroxylation is 1. The number of nitrogens with zero attached hydrogens (tertiary/aromatic N) is 1. The molecule has 0 aliphatic heterocycles. The smallest absolute Gasteiger partial charge is 0.183 e. The topological polar surface area (TPSA) is 3.88 Å². The lowest BCUT2D eigenvalue weighted by Gasteiger charge is -2.00. The van der Waals surface area contributed by atoms with Crippen LogP contribution in [-0.2, 0) is 6.54 Å². The minimum Gasteiger partial charge on any atom is -1.00 e. The van der Waals surface area contributed by atoms with E-state index in [1.165, 1.54) is 11.3 Å².